The maximum Gasteiger partial charge on any atom is 0.288 e. The average molecular weight is 411 g/mol. The number of thiophene rings is 1. The van der Waals surface area contributed by atoms with Crippen LogP contribution in [-0.4, -0.2) is 21.9 Å². The first kappa shape index (κ1) is 19.5. The van der Waals surface area contributed by atoms with Gasteiger partial charge >= 0.3 is 0 Å². The predicted molar refractivity (Wildman–Crippen MR) is 103 cm³/mol. The zero-order chi connectivity index (χ0) is 19.1. The van der Waals surface area contributed by atoms with Crippen molar-refractivity contribution in [2.24, 2.45) is 0 Å². The van der Waals surface area contributed by atoms with Crippen molar-refractivity contribution in [1.29, 1.82) is 0 Å². The van der Waals surface area contributed by atoms with Gasteiger partial charge in [0.2, 0.25) is 5.91 Å². The van der Waals surface area contributed by atoms with E-state index in [0.29, 0.717) is 10.4 Å². The molecule has 1 heterocycles. The van der Waals surface area contributed by atoms with Gasteiger partial charge in [0.25, 0.3) is 11.6 Å². The highest BCUT2D eigenvalue weighted by Gasteiger charge is 2.12. The van der Waals surface area contributed by atoms with Gasteiger partial charge in [-0.15, -0.1) is 11.3 Å². The molecule has 0 saturated carbocycles. The quantitative estimate of drug-likeness (QED) is 0.309. The number of rotatable bonds is 4. The number of amides is 2. The molecule has 0 fully saturated rings. The van der Waals surface area contributed by atoms with Crippen LogP contribution in [-0.2, 0) is 4.79 Å². The highest BCUT2D eigenvalue weighted by Crippen LogP contribution is 2.25. The van der Waals surface area contributed by atoms with E-state index in [1.807, 2.05) is 0 Å². The van der Waals surface area contributed by atoms with Crippen molar-refractivity contribution in [2.45, 2.75) is 0 Å². The van der Waals surface area contributed by atoms with Crippen LogP contribution in [0.5, 0.6) is 0 Å². The molecule has 2 aromatic rings. The molecule has 0 radical (unpaired) electrons. The summed E-state index contributed by atoms with van der Waals surface area (Å²) in [4.78, 5) is 34.2. The molecule has 0 spiro atoms. The lowest BCUT2D eigenvalue weighted by Crippen LogP contribution is -2.48. The monoisotopic (exact) mass is 410 g/mol. The zero-order valence-electron chi connectivity index (χ0n) is 12.9. The number of benzene rings is 1. The highest BCUT2D eigenvalue weighted by atomic mass is 35.5. The van der Waals surface area contributed by atoms with E-state index < -0.39 is 10.8 Å². The fraction of sp³-hybridized carbons (Fsp3) is 0. The summed E-state index contributed by atoms with van der Waals surface area (Å²) in [6.45, 7) is 0. The zero-order valence-corrected chi connectivity index (χ0v) is 15.3. The van der Waals surface area contributed by atoms with Gasteiger partial charge in [0.15, 0.2) is 5.11 Å². The Morgan fingerprint density at radius 2 is 2.04 bits per heavy atom. The lowest BCUT2D eigenvalue weighted by Gasteiger charge is -2.08. The number of hydrogen-bond acceptors (Lipinski definition) is 6. The molecule has 26 heavy (non-hydrogen) atoms. The van der Waals surface area contributed by atoms with Crippen molar-refractivity contribution in [3.8, 4) is 0 Å². The topological polar surface area (TPSA) is 113 Å². The number of hydrogen-bond donors (Lipinski definition) is 3. The summed E-state index contributed by atoms with van der Waals surface area (Å²) in [5.41, 5.74) is 4.90. The minimum Gasteiger partial charge on any atom is -0.298 e. The fourth-order valence-corrected chi connectivity index (χ4v) is 2.67. The number of nitrogens with one attached hydrogen (secondary N) is 3. The summed E-state index contributed by atoms with van der Waals surface area (Å²) in [6, 6.07) is 7.49. The fourth-order valence-electron chi connectivity index (χ4n) is 1.71. The van der Waals surface area contributed by atoms with Crippen LogP contribution in [0, 0.1) is 10.1 Å². The van der Waals surface area contributed by atoms with E-state index in [1.165, 1.54) is 35.6 Å². The van der Waals surface area contributed by atoms with Crippen LogP contribution >= 0.6 is 35.2 Å². The molecule has 0 atom stereocenters. The molecule has 0 aliphatic heterocycles. The maximum absolute atomic E-state index is 11.8. The molecular formula is C15H11ClN4O4S2. The second-order valence-electron chi connectivity index (χ2n) is 4.68. The van der Waals surface area contributed by atoms with E-state index in [4.69, 9.17) is 23.8 Å². The van der Waals surface area contributed by atoms with Gasteiger partial charge in [0, 0.05) is 12.1 Å². The summed E-state index contributed by atoms with van der Waals surface area (Å²) in [6.07, 6.45) is 2.51. The van der Waals surface area contributed by atoms with E-state index in [0.717, 1.165) is 6.08 Å². The van der Waals surface area contributed by atoms with Crippen molar-refractivity contribution in [1.82, 2.24) is 16.2 Å². The summed E-state index contributed by atoms with van der Waals surface area (Å²) < 4.78 is 0. The van der Waals surface area contributed by atoms with Gasteiger partial charge in [-0.3, -0.25) is 35.9 Å². The predicted octanol–water partition coefficient (Wildman–Crippen LogP) is 2.66. The summed E-state index contributed by atoms with van der Waals surface area (Å²) in [5, 5.41) is 14.8. The standard InChI is InChI=1S/C15H11ClN4O4S2/c16-10-5-3-9(8-11(10)20(23)24)4-6-13(21)17-15(25)19-18-14(22)12-2-1-7-26-12/h1-8H,(H,18,22)(H2,17,19,21,25). The van der Waals surface area contributed by atoms with Crippen LogP contribution in [0.3, 0.4) is 0 Å². The van der Waals surface area contributed by atoms with E-state index >= 15 is 0 Å². The minimum atomic E-state index is -0.616. The van der Waals surface area contributed by atoms with E-state index in [1.54, 1.807) is 17.5 Å². The third-order valence-electron chi connectivity index (χ3n) is 2.87. The second kappa shape index (κ2) is 9.04. The number of halogens is 1. The normalized spacial score (nSPS) is 10.3. The number of nitro groups is 1. The van der Waals surface area contributed by atoms with Gasteiger partial charge < -0.3 is 0 Å². The Kier molecular flexibility index (Phi) is 6.78. The molecule has 0 unspecified atom stereocenters. The first-order chi connectivity index (χ1) is 12.4. The van der Waals surface area contributed by atoms with Crippen molar-refractivity contribution in [3.05, 3.63) is 67.4 Å². The van der Waals surface area contributed by atoms with E-state index in [-0.39, 0.29) is 21.7 Å². The third-order valence-corrected chi connectivity index (χ3v) is 4.26. The Morgan fingerprint density at radius 1 is 1.27 bits per heavy atom. The first-order valence-electron chi connectivity index (χ1n) is 6.93. The second-order valence-corrected chi connectivity index (χ2v) is 6.44. The number of hydrazine groups is 1. The van der Waals surface area contributed by atoms with Crippen molar-refractivity contribution in [3.63, 3.8) is 0 Å². The Hall–Kier alpha value is -2.82. The lowest BCUT2D eigenvalue weighted by molar-refractivity contribution is -0.384. The van der Waals surface area contributed by atoms with Gasteiger partial charge in [-0.2, -0.15) is 0 Å². The van der Waals surface area contributed by atoms with Crippen LogP contribution in [0.15, 0.2) is 41.8 Å². The molecule has 0 saturated heterocycles. The first-order valence-corrected chi connectivity index (χ1v) is 8.60. The van der Waals surface area contributed by atoms with Gasteiger partial charge in [-0.25, -0.2) is 0 Å². The smallest absolute Gasteiger partial charge is 0.288 e. The van der Waals surface area contributed by atoms with Crippen molar-refractivity contribution >= 4 is 63.8 Å². The van der Waals surface area contributed by atoms with E-state index in [9.17, 15) is 19.7 Å². The lowest BCUT2D eigenvalue weighted by atomic mass is 10.2. The SMILES string of the molecule is O=C(C=Cc1ccc(Cl)c([N+](=O)[O-])c1)NC(=S)NNC(=O)c1cccs1. The molecule has 1 aromatic carbocycles. The molecule has 1 aromatic heterocycles. The number of nitrogens with zero attached hydrogens (tertiary/aromatic N) is 1. The summed E-state index contributed by atoms with van der Waals surface area (Å²) in [7, 11) is 0. The van der Waals surface area contributed by atoms with Crippen molar-refractivity contribution < 1.29 is 14.5 Å². The molecule has 11 heteroatoms. The highest BCUT2D eigenvalue weighted by molar-refractivity contribution is 7.80. The molecule has 134 valence electrons. The summed E-state index contributed by atoms with van der Waals surface area (Å²) >= 11 is 11.9. The summed E-state index contributed by atoms with van der Waals surface area (Å²) in [5.74, 6) is -0.967. The van der Waals surface area contributed by atoms with Gasteiger partial charge in [0.05, 0.1) is 9.80 Å². The maximum atomic E-state index is 11.8. The molecule has 0 aliphatic carbocycles. The average Bonchev–Trinajstić information content (AvgIpc) is 3.13. The molecule has 2 rings (SSSR count). The van der Waals surface area contributed by atoms with E-state index in [2.05, 4.69) is 16.2 Å². The van der Waals surface area contributed by atoms with Crippen LogP contribution < -0.4 is 16.2 Å². The number of carbonyl (C=O) groups excluding carboxylic acids is 2. The third kappa shape index (κ3) is 5.62. The number of nitro benzene ring substituents is 1. The minimum absolute atomic E-state index is 0.00321. The van der Waals surface area contributed by atoms with Crippen molar-refractivity contribution in [2.75, 3.05) is 0 Å². The van der Waals surface area contributed by atoms with Gasteiger partial charge in [-0.05, 0) is 41.4 Å². The molecule has 0 bridgehead atoms. The Morgan fingerprint density at radius 3 is 2.69 bits per heavy atom. The molecule has 8 nitrogen and oxygen atoms in total. The molecule has 0 aliphatic rings. The Bertz CT molecular complexity index is 884. The van der Waals surface area contributed by atoms with Crippen LogP contribution in [0.2, 0.25) is 5.02 Å². The van der Waals surface area contributed by atoms with Crippen LogP contribution in [0.1, 0.15) is 15.2 Å². The molecule has 3 N–H and O–H groups in total. The molecular weight excluding hydrogens is 400 g/mol. The molecule has 2 amide bonds. The Balaban J connectivity index is 1.86. The number of thiocarbonyl (C=S) groups is 1. The van der Waals surface area contributed by atoms with Crippen LogP contribution in [0.4, 0.5) is 5.69 Å². The largest absolute Gasteiger partial charge is 0.298 e. The Labute approximate surface area is 162 Å². The van der Waals surface area contributed by atoms with Crippen LogP contribution in [0.25, 0.3) is 6.08 Å². The van der Waals surface area contributed by atoms with Gasteiger partial charge in [0.1, 0.15) is 5.02 Å². The number of carbonyl (C=O) groups is 2. The van der Waals surface area contributed by atoms with Gasteiger partial charge in [-0.1, -0.05) is 23.7 Å².